The molecule has 0 aromatic heterocycles. The van der Waals surface area contributed by atoms with Crippen molar-refractivity contribution in [2.24, 2.45) is 0 Å². The van der Waals surface area contributed by atoms with Crippen molar-refractivity contribution in [2.75, 3.05) is 25.4 Å². The minimum absolute atomic E-state index is 0.0541. The molecule has 24 heavy (non-hydrogen) atoms. The molecule has 0 aliphatic carbocycles. The van der Waals surface area contributed by atoms with Crippen LogP contribution in [0.5, 0.6) is 0 Å². The van der Waals surface area contributed by atoms with Gasteiger partial charge >= 0.3 is 6.03 Å². The van der Waals surface area contributed by atoms with Gasteiger partial charge in [0.25, 0.3) is 0 Å². The molecule has 4 nitrogen and oxygen atoms in total. The molecule has 2 aliphatic heterocycles. The molecule has 5 heteroatoms. The fourth-order valence-corrected chi connectivity index (χ4v) is 4.37. The van der Waals surface area contributed by atoms with Crippen LogP contribution >= 0.6 is 11.8 Å². The first-order chi connectivity index (χ1) is 11.7. The van der Waals surface area contributed by atoms with Gasteiger partial charge in [-0.3, -0.25) is 0 Å². The first kappa shape index (κ1) is 17.2. The van der Waals surface area contributed by atoms with Gasteiger partial charge in [0, 0.05) is 23.8 Å². The van der Waals surface area contributed by atoms with E-state index in [4.69, 9.17) is 11.2 Å². The fraction of sp³-hybridized carbons (Fsp3) is 0.526. The molecule has 2 atom stereocenters. The second-order valence-corrected chi connectivity index (χ2v) is 7.54. The Balaban J connectivity index is 1.69. The van der Waals surface area contributed by atoms with Crippen LogP contribution < -0.4 is 5.32 Å². The van der Waals surface area contributed by atoms with Crippen molar-refractivity contribution in [1.82, 2.24) is 10.2 Å². The van der Waals surface area contributed by atoms with Gasteiger partial charge in [0.15, 0.2) is 0 Å². The predicted molar refractivity (Wildman–Crippen MR) is 97.2 cm³/mol. The number of aryl methyl sites for hydroxylation is 1. The summed E-state index contributed by atoms with van der Waals surface area (Å²) in [5.41, 5.74) is 2.44. The Morgan fingerprint density at radius 2 is 2.38 bits per heavy atom. The van der Waals surface area contributed by atoms with Gasteiger partial charge in [-0.2, -0.15) is 0 Å². The number of terminal acetylenes is 1. The molecule has 2 unspecified atom stereocenters. The number of fused-ring (bicyclic) bond motifs is 1. The van der Waals surface area contributed by atoms with E-state index in [1.807, 2.05) is 11.8 Å². The number of thioether (sulfide) groups is 1. The minimum atomic E-state index is -0.0900. The summed E-state index contributed by atoms with van der Waals surface area (Å²) in [6.07, 6.45) is 8.56. The molecule has 0 radical (unpaired) electrons. The van der Waals surface area contributed by atoms with E-state index >= 15 is 0 Å². The molecule has 3 rings (SSSR count). The number of ether oxygens (including phenoxy) is 1. The number of nitrogens with one attached hydrogen (secondary N) is 1. The van der Waals surface area contributed by atoms with Gasteiger partial charge in [0.2, 0.25) is 0 Å². The van der Waals surface area contributed by atoms with Gasteiger partial charge in [0.05, 0.1) is 18.7 Å². The SMILES string of the molecule is C#CCN(CC1CCCO1)C(=O)NC1CCSc2ccc(C)cc21. The second kappa shape index (κ2) is 7.96. The number of urea groups is 1. The van der Waals surface area contributed by atoms with Crippen LogP contribution in [0.2, 0.25) is 0 Å². The van der Waals surface area contributed by atoms with E-state index in [9.17, 15) is 4.79 Å². The number of hydrogen-bond donors (Lipinski definition) is 1. The van der Waals surface area contributed by atoms with Gasteiger partial charge in [0.1, 0.15) is 0 Å². The Bertz CT molecular complexity index is 635. The van der Waals surface area contributed by atoms with Gasteiger partial charge in [-0.15, -0.1) is 18.2 Å². The highest BCUT2D eigenvalue weighted by Crippen LogP contribution is 2.36. The lowest BCUT2D eigenvalue weighted by Gasteiger charge is -2.30. The van der Waals surface area contributed by atoms with Crippen molar-refractivity contribution in [3.05, 3.63) is 29.3 Å². The molecule has 1 N–H and O–H groups in total. The summed E-state index contributed by atoms with van der Waals surface area (Å²) >= 11 is 1.86. The third kappa shape index (κ3) is 4.06. The average Bonchev–Trinajstić information content (AvgIpc) is 3.08. The number of carbonyl (C=O) groups excluding carboxylic acids is 1. The monoisotopic (exact) mass is 344 g/mol. The van der Waals surface area contributed by atoms with E-state index < -0.39 is 0 Å². The molecule has 1 saturated heterocycles. The Kier molecular flexibility index (Phi) is 5.70. The van der Waals surface area contributed by atoms with E-state index in [0.717, 1.165) is 31.6 Å². The van der Waals surface area contributed by atoms with Crippen molar-refractivity contribution in [1.29, 1.82) is 0 Å². The summed E-state index contributed by atoms with van der Waals surface area (Å²) in [7, 11) is 0. The summed E-state index contributed by atoms with van der Waals surface area (Å²) in [5, 5.41) is 3.18. The number of hydrogen-bond acceptors (Lipinski definition) is 3. The van der Waals surface area contributed by atoms with Crippen LogP contribution in [0.1, 0.15) is 36.4 Å². The van der Waals surface area contributed by atoms with Crippen molar-refractivity contribution in [2.45, 2.75) is 43.2 Å². The van der Waals surface area contributed by atoms with Gasteiger partial charge in [-0.05, 0) is 37.8 Å². The molecule has 2 aliphatic rings. The zero-order valence-electron chi connectivity index (χ0n) is 14.1. The van der Waals surface area contributed by atoms with E-state index in [2.05, 4.69) is 36.4 Å². The maximum absolute atomic E-state index is 12.7. The number of amides is 2. The van der Waals surface area contributed by atoms with Crippen LogP contribution in [0.4, 0.5) is 4.79 Å². The summed E-state index contributed by atoms with van der Waals surface area (Å²) in [5.74, 6) is 3.61. The van der Waals surface area contributed by atoms with E-state index in [-0.39, 0.29) is 18.2 Å². The highest BCUT2D eigenvalue weighted by molar-refractivity contribution is 7.99. The largest absolute Gasteiger partial charge is 0.376 e. The quantitative estimate of drug-likeness (QED) is 0.852. The van der Waals surface area contributed by atoms with E-state index in [0.29, 0.717) is 13.1 Å². The third-order valence-electron chi connectivity index (χ3n) is 4.52. The van der Waals surface area contributed by atoms with Crippen molar-refractivity contribution < 1.29 is 9.53 Å². The number of benzene rings is 1. The average molecular weight is 344 g/mol. The second-order valence-electron chi connectivity index (χ2n) is 6.40. The van der Waals surface area contributed by atoms with E-state index in [1.165, 1.54) is 16.0 Å². The third-order valence-corrected chi connectivity index (χ3v) is 5.64. The zero-order valence-corrected chi connectivity index (χ0v) is 14.9. The summed E-state index contributed by atoms with van der Waals surface area (Å²) < 4.78 is 5.65. The summed E-state index contributed by atoms with van der Waals surface area (Å²) in [6, 6.07) is 6.42. The number of nitrogens with zero attached hydrogens (tertiary/aromatic N) is 1. The highest BCUT2D eigenvalue weighted by atomic mass is 32.2. The van der Waals surface area contributed by atoms with E-state index in [1.54, 1.807) is 4.90 Å². The molecule has 0 saturated carbocycles. The van der Waals surface area contributed by atoms with Crippen LogP contribution in [0, 0.1) is 19.3 Å². The Morgan fingerprint density at radius 1 is 1.50 bits per heavy atom. The smallest absolute Gasteiger partial charge is 0.318 e. The maximum atomic E-state index is 12.7. The zero-order chi connectivity index (χ0) is 16.9. The number of rotatable bonds is 4. The predicted octanol–water partition coefficient (Wildman–Crippen LogP) is 3.36. The van der Waals surface area contributed by atoms with Crippen LogP contribution in [0.3, 0.4) is 0 Å². The molecule has 128 valence electrons. The first-order valence-corrected chi connectivity index (χ1v) is 9.50. The lowest BCUT2D eigenvalue weighted by atomic mass is 10.0. The lowest BCUT2D eigenvalue weighted by molar-refractivity contribution is 0.0840. The van der Waals surface area contributed by atoms with Crippen LogP contribution in [-0.4, -0.2) is 42.5 Å². The highest BCUT2D eigenvalue weighted by Gasteiger charge is 2.26. The molecule has 1 aromatic carbocycles. The Hall–Kier alpha value is -1.64. The molecular weight excluding hydrogens is 320 g/mol. The van der Waals surface area contributed by atoms with Gasteiger partial charge in [-0.25, -0.2) is 4.79 Å². The fourth-order valence-electron chi connectivity index (χ4n) is 3.27. The first-order valence-electron chi connectivity index (χ1n) is 8.51. The van der Waals surface area contributed by atoms with Gasteiger partial charge in [-0.1, -0.05) is 23.6 Å². The van der Waals surface area contributed by atoms with Crippen LogP contribution in [0.25, 0.3) is 0 Å². The Morgan fingerprint density at radius 3 is 3.12 bits per heavy atom. The lowest BCUT2D eigenvalue weighted by Crippen LogP contribution is -2.45. The summed E-state index contributed by atoms with van der Waals surface area (Å²) in [6.45, 7) is 3.75. The summed E-state index contributed by atoms with van der Waals surface area (Å²) in [4.78, 5) is 15.7. The molecule has 2 amide bonds. The normalized spacial score (nSPS) is 22.5. The molecule has 0 bridgehead atoms. The molecule has 2 heterocycles. The van der Waals surface area contributed by atoms with Crippen LogP contribution in [-0.2, 0) is 4.74 Å². The van der Waals surface area contributed by atoms with Crippen molar-refractivity contribution in [3.63, 3.8) is 0 Å². The topological polar surface area (TPSA) is 41.6 Å². The molecule has 1 aromatic rings. The Labute approximate surface area is 148 Å². The minimum Gasteiger partial charge on any atom is -0.376 e. The maximum Gasteiger partial charge on any atom is 0.318 e. The molecule has 1 fully saturated rings. The van der Waals surface area contributed by atoms with Crippen molar-refractivity contribution >= 4 is 17.8 Å². The molecule has 0 spiro atoms. The number of carbonyl (C=O) groups is 1. The van der Waals surface area contributed by atoms with Crippen molar-refractivity contribution in [3.8, 4) is 12.3 Å². The standard InChI is InChI=1S/C19H24N2O2S/c1-3-9-21(13-15-5-4-10-23-15)19(22)20-17-8-11-24-18-7-6-14(2)12-16(17)18/h1,6-7,12,15,17H,4-5,8-11,13H2,2H3,(H,20,22). The van der Waals surface area contributed by atoms with Gasteiger partial charge < -0.3 is 15.0 Å². The van der Waals surface area contributed by atoms with Crippen LogP contribution in [0.15, 0.2) is 23.1 Å². The molecular formula is C19H24N2O2S.